The third-order valence-electron chi connectivity index (χ3n) is 2.19. The lowest BCUT2D eigenvalue weighted by atomic mass is 10.1. The van der Waals surface area contributed by atoms with Crippen molar-refractivity contribution in [3.63, 3.8) is 0 Å². The molecule has 0 aliphatic carbocycles. The third-order valence-corrected chi connectivity index (χ3v) is 2.19. The van der Waals surface area contributed by atoms with Crippen molar-refractivity contribution in [2.24, 2.45) is 0 Å². The van der Waals surface area contributed by atoms with E-state index >= 15 is 0 Å². The Labute approximate surface area is 84.2 Å². The van der Waals surface area contributed by atoms with Crippen LogP contribution in [-0.4, -0.2) is 13.2 Å². The smallest absolute Gasteiger partial charge is 0.161 e. The molecule has 0 N–H and O–H groups in total. The van der Waals surface area contributed by atoms with Crippen LogP contribution in [0.1, 0.15) is 12.0 Å². The van der Waals surface area contributed by atoms with Gasteiger partial charge in [-0.3, -0.25) is 0 Å². The molecule has 2 heteroatoms. The lowest BCUT2D eigenvalue weighted by Crippen LogP contribution is -1.97. The average Bonchev–Trinajstić information content (AvgIpc) is 2.42. The van der Waals surface area contributed by atoms with Crippen LogP contribution in [0.25, 0.3) is 0 Å². The van der Waals surface area contributed by atoms with E-state index in [9.17, 15) is 0 Å². The van der Waals surface area contributed by atoms with Crippen molar-refractivity contribution in [2.45, 2.75) is 12.8 Å². The molecule has 1 aliphatic heterocycles. The number of allylic oxidation sites excluding steroid dienone is 1. The van der Waals surface area contributed by atoms with Gasteiger partial charge in [0.15, 0.2) is 11.5 Å². The van der Waals surface area contributed by atoms with E-state index in [1.165, 1.54) is 5.56 Å². The van der Waals surface area contributed by atoms with Crippen molar-refractivity contribution >= 4 is 0 Å². The number of fused-ring (bicyclic) bond motifs is 1. The molecule has 1 aliphatic rings. The number of hydrogen-bond donors (Lipinski definition) is 0. The van der Waals surface area contributed by atoms with Crippen LogP contribution >= 0.6 is 0 Å². The summed E-state index contributed by atoms with van der Waals surface area (Å²) in [5.74, 6) is 1.72. The monoisotopic (exact) mass is 190 g/mol. The fourth-order valence-electron chi connectivity index (χ4n) is 1.50. The summed E-state index contributed by atoms with van der Waals surface area (Å²) < 4.78 is 11.1. The highest BCUT2D eigenvalue weighted by atomic mass is 16.5. The molecule has 0 saturated heterocycles. The van der Waals surface area contributed by atoms with Crippen molar-refractivity contribution in [3.05, 3.63) is 36.4 Å². The van der Waals surface area contributed by atoms with E-state index in [-0.39, 0.29) is 0 Å². The Morgan fingerprint density at radius 3 is 2.79 bits per heavy atom. The maximum atomic E-state index is 5.58. The van der Waals surface area contributed by atoms with Gasteiger partial charge in [0.25, 0.3) is 0 Å². The summed E-state index contributed by atoms with van der Waals surface area (Å²) in [5.41, 5.74) is 1.21. The van der Waals surface area contributed by atoms with Gasteiger partial charge in [0.1, 0.15) is 0 Å². The molecule has 0 unspecified atom stereocenters. The molecule has 0 radical (unpaired) electrons. The predicted octanol–water partition coefficient (Wildman–Crippen LogP) is 2.58. The summed E-state index contributed by atoms with van der Waals surface area (Å²) in [6.07, 6.45) is 3.71. The molecule has 14 heavy (non-hydrogen) atoms. The fourth-order valence-corrected chi connectivity index (χ4v) is 1.50. The van der Waals surface area contributed by atoms with Crippen LogP contribution in [0.4, 0.5) is 0 Å². The molecule has 0 spiro atoms. The molecule has 1 heterocycles. The number of ether oxygens (including phenoxy) is 2. The van der Waals surface area contributed by atoms with Crippen molar-refractivity contribution in [1.82, 2.24) is 0 Å². The molecular formula is C12H14O2. The highest BCUT2D eigenvalue weighted by Crippen LogP contribution is 2.30. The third kappa shape index (κ3) is 1.90. The van der Waals surface area contributed by atoms with E-state index < -0.39 is 0 Å². The molecule has 1 aromatic rings. The van der Waals surface area contributed by atoms with E-state index in [4.69, 9.17) is 9.47 Å². The largest absolute Gasteiger partial charge is 0.490 e. The molecule has 0 atom stereocenters. The summed E-state index contributed by atoms with van der Waals surface area (Å²) in [7, 11) is 0. The SMILES string of the molecule is C=CCc1ccc2c(c1)OCCCO2. The molecule has 0 saturated carbocycles. The zero-order valence-corrected chi connectivity index (χ0v) is 8.16. The van der Waals surface area contributed by atoms with Crippen molar-refractivity contribution in [3.8, 4) is 11.5 Å². The van der Waals surface area contributed by atoms with E-state index in [0.717, 1.165) is 37.6 Å². The topological polar surface area (TPSA) is 18.5 Å². The first-order valence-corrected chi connectivity index (χ1v) is 4.89. The summed E-state index contributed by atoms with van der Waals surface area (Å²) >= 11 is 0. The van der Waals surface area contributed by atoms with Gasteiger partial charge >= 0.3 is 0 Å². The Bertz CT molecular complexity index is 331. The van der Waals surface area contributed by atoms with E-state index in [1.54, 1.807) is 0 Å². The number of benzene rings is 1. The Kier molecular flexibility index (Phi) is 2.73. The lowest BCUT2D eigenvalue weighted by Gasteiger charge is -2.07. The fraction of sp³-hybridized carbons (Fsp3) is 0.333. The molecular weight excluding hydrogens is 176 g/mol. The zero-order chi connectivity index (χ0) is 9.80. The van der Waals surface area contributed by atoms with Crippen molar-refractivity contribution in [1.29, 1.82) is 0 Å². The van der Waals surface area contributed by atoms with Crippen molar-refractivity contribution < 1.29 is 9.47 Å². The highest BCUT2D eigenvalue weighted by Gasteiger charge is 2.09. The Morgan fingerprint density at radius 2 is 2.00 bits per heavy atom. The minimum atomic E-state index is 0.741. The molecule has 2 nitrogen and oxygen atoms in total. The quantitative estimate of drug-likeness (QED) is 0.667. The van der Waals surface area contributed by atoms with Gasteiger partial charge in [-0.25, -0.2) is 0 Å². The molecule has 1 aromatic carbocycles. The minimum Gasteiger partial charge on any atom is -0.490 e. The van der Waals surface area contributed by atoms with Crippen molar-refractivity contribution in [2.75, 3.05) is 13.2 Å². The Hall–Kier alpha value is -1.44. The van der Waals surface area contributed by atoms with Gasteiger partial charge in [-0.05, 0) is 24.1 Å². The van der Waals surface area contributed by atoms with Crippen LogP contribution in [0, 0.1) is 0 Å². The zero-order valence-electron chi connectivity index (χ0n) is 8.16. The van der Waals surface area contributed by atoms with Gasteiger partial charge in [-0.15, -0.1) is 6.58 Å². The molecule has 0 bridgehead atoms. The predicted molar refractivity (Wildman–Crippen MR) is 56.0 cm³/mol. The van der Waals surface area contributed by atoms with Gasteiger partial charge < -0.3 is 9.47 Å². The first kappa shape index (κ1) is 9.13. The maximum Gasteiger partial charge on any atom is 0.161 e. The molecule has 74 valence electrons. The molecule has 0 aromatic heterocycles. The van der Waals surface area contributed by atoms with Crippen LogP contribution in [0.2, 0.25) is 0 Å². The number of hydrogen-bond acceptors (Lipinski definition) is 2. The van der Waals surface area contributed by atoms with Crippen LogP contribution < -0.4 is 9.47 Å². The summed E-state index contributed by atoms with van der Waals surface area (Å²) in [5, 5.41) is 0. The maximum absolute atomic E-state index is 5.58. The first-order valence-electron chi connectivity index (χ1n) is 4.89. The number of rotatable bonds is 2. The van der Waals surface area contributed by atoms with Crippen LogP contribution in [-0.2, 0) is 6.42 Å². The van der Waals surface area contributed by atoms with Crippen LogP contribution in [0.3, 0.4) is 0 Å². The molecule has 0 amide bonds. The second kappa shape index (κ2) is 4.18. The minimum absolute atomic E-state index is 0.741. The second-order valence-corrected chi connectivity index (χ2v) is 3.32. The average molecular weight is 190 g/mol. The van der Waals surface area contributed by atoms with Gasteiger partial charge in [0.05, 0.1) is 13.2 Å². The second-order valence-electron chi connectivity index (χ2n) is 3.32. The highest BCUT2D eigenvalue weighted by molar-refractivity contribution is 5.43. The summed E-state index contributed by atoms with van der Waals surface area (Å²) in [4.78, 5) is 0. The van der Waals surface area contributed by atoms with E-state index in [0.29, 0.717) is 0 Å². The normalized spacial score (nSPS) is 14.6. The lowest BCUT2D eigenvalue weighted by molar-refractivity contribution is 0.297. The van der Waals surface area contributed by atoms with Crippen LogP contribution in [0.15, 0.2) is 30.9 Å². The van der Waals surface area contributed by atoms with Gasteiger partial charge in [-0.2, -0.15) is 0 Å². The van der Waals surface area contributed by atoms with E-state index in [2.05, 4.69) is 12.6 Å². The Balaban J connectivity index is 2.27. The summed E-state index contributed by atoms with van der Waals surface area (Å²) in [6.45, 7) is 5.20. The van der Waals surface area contributed by atoms with Gasteiger partial charge in [-0.1, -0.05) is 12.1 Å². The van der Waals surface area contributed by atoms with Gasteiger partial charge in [0.2, 0.25) is 0 Å². The van der Waals surface area contributed by atoms with Crippen LogP contribution in [0.5, 0.6) is 11.5 Å². The molecule has 0 fully saturated rings. The van der Waals surface area contributed by atoms with E-state index in [1.807, 2.05) is 18.2 Å². The standard InChI is InChI=1S/C12H14O2/c1-2-4-10-5-6-11-12(9-10)14-8-3-7-13-11/h2,5-6,9H,1,3-4,7-8H2. The first-order chi connectivity index (χ1) is 6.90. The van der Waals surface area contributed by atoms with Gasteiger partial charge in [0, 0.05) is 6.42 Å². The summed E-state index contributed by atoms with van der Waals surface area (Å²) in [6, 6.07) is 6.05. The molecule has 2 rings (SSSR count). The Morgan fingerprint density at radius 1 is 1.21 bits per heavy atom.